The summed E-state index contributed by atoms with van der Waals surface area (Å²) >= 11 is 0. The number of benzene rings is 2. The van der Waals surface area contributed by atoms with Crippen LogP contribution in [0.4, 0.5) is 0 Å². The Balaban J connectivity index is 2.14. The number of pyridine rings is 1. The fourth-order valence-corrected chi connectivity index (χ4v) is 3.78. The van der Waals surface area contributed by atoms with Crippen molar-refractivity contribution in [2.75, 3.05) is 0 Å². The maximum Gasteiger partial charge on any atom is 0.212 e. The largest absolute Gasteiger partial charge is 0.212 e. The van der Waals surface area contributed by atoms with Crippen molar-refractivity contribution in [1.29, 1.82) is 0 Å². The topological polar surface area (TPSA) is 3.88 Å². The van der Waals surface area contributed by atoms with Crippen molar-refractivity contribution in [3.8, 4) is 22.4 Å². The highest BCUT2D eigenvalue weighted by Crippen LogP contribution is 2.31. The molecular weight excluding hydrogens is 314 g/mol. The molecule has 0 radical (unpaired) electrons. The summed E-state index contributed by atoms with van der Waals surface area (Å²) in [5.41, 5.74) is 10.7. The fourth-order valence-electron chi connectivity index (χ4n) is 3.78. The molecule has 0 aliphatic rings. The first-order valence-corrected chi connectivity index (χ1v) is 9.53. The molecule has 3 rings (SSSR count). The van der Waals surface area contributed by atoms with Crippen molar-refractivity contribution >= 4 is 0 Å². The van der Waals surface area contributed by atoms with E-state index in [2.05, 4.69) is 101 Å². The number of aryl methyl sites for hydroxylation is 4. The van der Waals surface area contributed by atoms with Crippen molar-refractivity contribution < 1.29 is 4.57 Å². The van der Waals surface area contributed by atoms with Gasteiger partial charge in [0, 0.05) is 17.2 Å². The monoisotopic (exact) mass is 344 g/mol. The van der Waals surface area contributed by atoms with Crippen molar-refractivity contribution in [1.82, 2.24) is 0 Å². The highest BCUT2D eigenvalue weighted by molar-refractivity contribution is 5.75. The van der Waals surface area contributed by atoms with Crippen LogP contribution in [0.5, 0.6) is 0 Å². The van der Waals surface area contributed by atoms with E-state index in [9.17, 15) is 0 Å². The van der Waals surface area contributed by atoms with E-state index >= 15 is 0 Å². The number of rotatable bonds is 4. The predicted molar refractivity (Wildman–Crippen MR) is 111 cm³/mol. The van der Waals surface area contributed by atoms with E-state index in [0.29, 0.717) is 5.92 Å². The number of aromatic nitrogens is 1. The lowest BCUT2D eigenvalue weighted by molar-refractivity contribution is -0.660. The summed E-state index contributed by atoms with van der Waals surface area (Å²) in [6.45, 7) is 11.2. The van der Waals surface area contributed by atoms with E-state index in [1.54, 1.807) is 0 Å². The first-order valence-electron chi connectivity index (χ1n) is 9.53. The summed E-state index contributed by atoms with van der Waals surface area (Å²) in [6.07, 6.45) is 3.44. The molecule has 1 heterocycles. The third-order valence-corrected chi connectivity index (χ3v) is 5.15. The van der Waals surface area contributed by atoms with Gasteiger partial charge in [-0.3, -0.25) is 0 Å². The lowest BCUT2D eigenvalue weighted by Gasteiger charge is -2.14. The van der Waals surface area contributed by atoms with E-state index in [1.165, 1.54) is 44.6 Å². The Bertz CT molecular complexity index is 921. The molecule has 0 bridgehead atoms. The van der Waals surface area contributed by atoms with Crippen molar-refractivity contribution in [3.05, 3.63) is 77.0 Å². The summed E-state index contributed by atoms with van der Waals surface area (Å²) in [6, 6.07) is 17.7. The van der Waals surface area contributed by atoms with Crippen LogP contribution in [0.25, 0.3) is 22.4 Å². The average Bonchev–Trinajstić information content (AvgIpc) is 2.59. The standard InChI is InChI=1S/C25H30N/c1-17(2)12-22-16-26(6)25(14-18(22)3)24-15-23(19(4)13-20(24)5)21-10-8-7-9-11-21/h7-11,13-17H,12H2,1-6H3/q+1. The number of hydrogen-bond acceptors (Lipinski definition) is 0. The molecule has 2 aromatic carbocycles. The van der Waals surface area contributed by atoms with Gasteiger partial charge in [0.1, 0.15) is 7.05 Å². The maximum absolute atomic E-state index is 2.36. The van der Waals surface area contributed by atoms with Gasteiger partial charge in [0.05, 0.1) is 0 Å². The van der Waals surface area contributed by atoms with Crippen molar-refractivity contribution in [3.63, 3.8) is 0 Å². The molecule has 1 nitrogen and oxygen atoms in total. The summed E-state index contributed by atoms with van der Waals surface area (Å²) in [7, 11) is 2.17. The molecule has 0 amide bonds. The zero-order valence-electron chi connectivity index (χ0n) is 16.9. The van der Waals surface area contributed by atoms with Gasteiger partial charge < -0.3 is 0 Å². The van der Waals surface area contributed by atoms with Gasteiger partial charge in [0.2, 0.25) is 5.69 Å². The maximum atomic E-state index is 2.36. The molecular formula is C25H30N+. The molecule has 0 N–H and O–H groups in total. The molecule has 0 saturated carbocycles. The zero-order chi connectivity index (χ0) is 18.8. The second-order valence-corrected chi connectivity index (χ2v) is 7.92. The molecule has 0 saturated heterocycles. The van der Waals surface area contributed by atoms with Gasteiger partial charge in [-0.1, -0.05) is 50.2 Å². The van der Waals surface area contributed by atoms with Crippen LogP contribution >= 0.6 is 0 Å². The molecule has 0 aliphatic heterocycles. The minimum absolute atomic E-state index is 0.672. The van der Waals surface area contributed by atoms with Crippen LogP contribution in [0, 0.1) is 26.7 Å². The smallest absolute Gasteiger partial charge is 0.201 e. The summed E-state index contributed by atoms with van der Waals surface area (Å²) in [4.78, 5) is 0. The third kappa shape index (κ3) is 3.72. The Morgan fingerprint density at radius 3 is 2.12 bits per heavy atom. The molecule has 0 spiro atoms. The fraction of sp³-hybridized carbons (Fsp3) is 0.320. The molecule has 0 aliphatic carbocycles. The summed E-state index contributed by atoms with van der Waals surface area (Å²) in [5.74, 6) is 0.672. The number of nitrogens with zero attached hydrogens (tertiary/aromatic N) is 1. The molecule has 0 atom stereocenters. The molecule has 134 valence electrons. The number of hydrogen-bond donors (Lipinski definition) is 0. The second kappa shape index (κ2) is 7.45. The van der Waals surface area contributed by atoms with Crippen LogP contribution in [0.2, 0.25) is 0 Å². The lowest BCUT2D eigenvalue weighted by atomic mass is 9.92. The van der Waals surface area contributed by atoms with E-state index < -0.39 is 0 Å². The van der Waals surface area contributed by atoms with Gasteiger partial charge in [0.15, 0.2) is 6.20 Å². The Morgan fingerprint density at radius 1 is 0.808 bits per heavy atom. The van der Waals surface area contributed by atoms with Gasteiger partial charge >= 0.3 is 0 Å². The van der Waals surface area contributed by atoms with E-state index in [0.717, 1.165) is 6.42 Å². The lowest BCUT2D eigenvalue weighted by Crippen LogP contribution is -2.32. The predicted octanol–water partition coefficient (Wildman–Crippen LogP) is 5.97. The molecule has 26 heavy (non-hydrogen) atoms. The molecule has 3 aromatic rings. The SMILES string of the molecule is Cc1cc(-c2cc(-c3ccccc3)c(C)cc2C)[n+](C)cc1CC(C)C. The molecule has 1 heteroatoms. The van der Waals surface area contributed by atoms with Gasteiger partial charge in [0.25, 0.3) is 0 Å². The Morgan fingerprint density at radius 2 is 1.46 bits per heavy atom. The molecule has 0 fully saturated rings. The normalized spacial score (nSPS) is 11.2. The van der Waals surface area contributed by atoms with Gasteiger partial charge in [-0.15, -0.1) is 0 Å². The summed E-state index contributed by atoms with van der Waals surface area (Å²) in [5, 5.41) is 0. The first-order chi connectivity index (χ1) is 12.4. The van der Waals surface area contributed by atoms with Gasteiger partial charge in [-0.25, -0.2) is 4.57 Å². The van der Waals surface area contributed by atoms with E-state index in [4.69, 9.17) is 0 Å². The quantitative estimate of drug-likeness (QED) is 0.513. The average molecular weight is 345 g/mol. The minimum Gasteiger partial charge on any atom is -0.201 e. The highest BCUT2D eigenvalue weighted by atomic mass is 14.9. The Hall–Kier alpha value is -2.41. The molecule has 0 unspecified atom stereocenters. The third-order valence-electron chi connectivity index (χ3n) is 5.15. The minimum atomic E-state index is 0.672. The van der Waals surface area contributed by atoms with Crippen LogP contribution in [0.15, 0.2) is 54.7 Å². The van der Waals surface area contributed by atoms with Gasteiger partial charge in [-0.05, 0) is 67.0 Å². The zero-order valence-corrected chi connectivity index (χ0v) is 16.9. The van der Waals surface area contributed by atoms with Crippen LogP contribution in [0.3, 0.4) is 0 Å². The van der Waals surface area contributed by atoms with Crippen molar-refractivity contribution in [2.45, 2.75) is 41.0 Å². The molecule has 1 aromatic heterocycles. The Kier molecular flexibility index (Phi) is 5.27. The van der Waals surface area contributed by atoms with Crippen LogP contribution in [0.1, 0.15) is 36.1 Å². The van der Waals surface area contributed by atoms with Crippen LogP contribution in [-0.4, -0.2) is 0 Å². The van der Waals surface area contributed by atoms with Crippen LogP contribution < -0.4 is 4.57 Å². The van der Waals surface area contributed by atoms with E-state index in [1.807, 2.05) is 0 Å². The van der Waals surface area contributed by atoms with Crippen molar-refractivity contribution in [2.24, 2.45) is 13.0 Å². The van der Waals surface area contributed by atoms with E-state index in [-0.39, 0.29) is 0 Å². The Labute approximate surface area is 158 Å². The highest BCUT2D eigenvalue weighted by Gasteiger charge is 2.18. The second-order valence-electron chi connectivity index (χ2n) is 7.92. The van der Waals surface area contributed by atoms with Gasteiger partial charge in [-0.2, -0.15) is 0 Å². The summed E-state index contributed by atoms with van der Waals surface area (Å²) < 4.78 is 2.29. The van der Waals surface area contributed by atoms with Crippen LogP contribution in [-0.2, 0) is 13.5 Å². The first kappa shape index (κ1) is 18.4.